The van der Waals surface area contributed by atoms with E-state index in [1.807, 2.05) is 0 Å². The molecular weight excluding hydrogens is 431 g/mol. The minimum absolute atomic E-state index is 0.111. The molecule has 0 spiro atoms. The Morgan fingerprint density at radius 3 is 2.41 bits per heavy atom. The largest absolute Gasteiger partial charge is 0.497 e. The van der Waals surface area contributed by atoms with E-state index in [1.165, 1.54) is 7.11 Å². The van der Waals surface area contributed by atoms with Gasteiger partial charge >= 0.3 is 12.3 Å². The van der Waals surface area contributed by atoms with Crippen molar-refractivity contribution in [1.82, 2.24) is 15.7 Å². The average molecular weight is 461 g/mol. The number of alkyl halides is 3. The summed E-state index contributed by atoms with van der Waals surface area (Å²) in [6, 6.07) is 6.61. The monoisotopic (exact) mass is 461 g/mol. The summed E-state index contributed by atoms with van der Waals surface area (Å²) in [5.41, 5.74) is -2.67. The molecule has 1 aromatic carbocycles. The summed E-state index contributed by atoms with van der Waals surface area (Å²) in [4.78, 5) is 29.0. The van der Waals surface area contributed by atoms with Crippen LogP contribution in [0, 0.1) is 0 Å². The quantitative estimate of drug-likeness (QED) is 0.550. The van der Waals surface area contributed by atoms with Crippen LogP contribution in [-0.4, -0.2) is 61.2 Å². The molecule has 0 saturated carbocycles. The first-order valence-corrected chi connectivity index (χ1v) is 10.2. The topological polar surface area (TPSA) is 89.1 Å². The van der Waals surface area contributed by atoms with Crippen LogP contribution in [0.15, 0.2) is 24.3 Å². The third-order valence-electron chi connectivity index (χ3n) is 4.61. The zero-order valence-electron chi connectivity index (χ0n) is 18.7. The van der Waals surface area contributed by atoms with Gasteiger partial charge in [-0.3, -0.25) is 9.63 Å². The van der Waals surface area contributed by atoms with E-state index in [0.717, 1.165) is 5.06 Å². The molecule has 1 atom stereocenters. The predicted molar refractivity (Wildman–Crippen MR) is 110 cm³/mol. The fourth-order valence-electron chi connectivity index (χ4n) is 3.00. The van der Waals surface area contributed by atoms with E-state index in [4.69, 9.17) is 14.3 Å². The van der Waals surface area contributed by atoms with E-state index in [9.17, 15) is 22.8 Å². The summed E-state index contributed by atoms with van der Waals surface area (Å²) in [5, 5.41) is 5.97. The summed E-state index contributed by atoms with van der Waals surface area (Å²) in [6.07, 6.45) is -5.78. The van der Waals surface area contributed by atoms with Crippen molar-refractivity contribution in [3.05, 3.63) is 29.8 Å². The lowest BCUT2D eigenvalue weighted by molar-refractivity contribution is -0.315. The molecule has 2 amide bonds. The van der Waals surface area contributed by atoms with Gasteiger partial charge in [0.05, 0.1) is 20.1 Å². The number of halogens is 3. The number of carbonyl (C=O) groups excluding carboxylic acids is 2. The molecule has 32 heavy (non-hydrogen) atoms. The predicted octanol–water partition coefficient (Wildman–Crippen LogP) is 3.16. The Labute approximate surface area is 185 Å². The molecule has 1 fully saturated rings. The first kappa shape index (κ1) is 25.7. The molecule has 1 saturated heterocycles. The fraction of sp³-hybridized carbons (Fsp3) is 0.619. The van der Waals surface area contributed by atoms with Gasteiger partial charge in [0.2, 0.25) is 11.5 Å². The van der Waals surface area contributed by atoms with Crippen LogP contribution in [0.25, 0.3) is 0 Å². The smallest absolute Gasteiger partial charge is 0.421 e. The van der Waals surface area contributed by atoms with Crippen LogP contribution < -0.4 is 15.4 Å². The first-order chi connectivity index (χ1) is 14.9. The lowest BCUT2D eigenvalue weighted by atomic mass is 9.99. The van der Waals surface area contributed by atoms with Crippen LogP contribution in [0.5, 0.6) is 5.75 Å². The first-order valence-electron chi connectivity index (χ1n) is 10.2. The Balaban J connectivity index is 1.86. The van der Waals surface area contributed by atoms with E-state index < -0.39 is 42.3 Å². The van der Waals surface area contributed by atoms with Gasteiger partial charge in [-0.05, 0) is 51.4 Å². The number of alkyl carbamates (subject to hydrolysis) is 1. The summed E-state index contributed by atoms with van der Waals surface area (Å²) in [6.45, 7) is 4.89. The van der Waals surface area contributed by atoms with Crippen LogP contribution >= 0.6 is 0 Å². The van der Waals surface area contributed by atoms with Gasteiger partial charge in [0.15, 0.2) is 0 Å². The molecule has 11 heteroatoms. The molecule has 1 unspecified atom stereocenters. The molecule has 1 aromatic rings. The second-order valence-electron chi connectivity index (χ2n) is 8.50. The van der Waals surface area contributed by atoms with Crippen molar-refractivity contribution in [2.75, 3.05) is 26.7 Å². The maximum absolute atomic E-state index is 13.8. The standard InChI is InChI=1S/C21H30F3N3O5/c1-19(2,3)31-18(29)26-11-5-10-25-14-20(21(22,23)24)12-17(28)27(32-20)13-15-6-8-16(30-4)9-7-15/h6-9,25H,5,10-14H2,1-4H3,(H,26,29). The Morgan fingerprint density at radius 2 is 1.84 bits per heavy atom. The molecule has 0 aliphatic carbocycles. The number of carbonyl (C=O) groups is 2. The zero-order chi connectivity index (χ0) is 24.0. The van der Waals surface area contributed by atoms with Crippen molar-refractivity contribution in [3.8, 4) is 5.75 Å². The van der Waals surface area contributed by atoms with Gasteiger partial charge in [-0.2, -0.15) is 13.2 Å². The van der Waals surface area contributed by atoms with Gasteiger partial charge < -0.3 is 20.1 Å². The molecule has 0 aromatic heterocycles. The molecule has 1 aliphatic rings. The lowest BCUT2D eigenvalue weighted by Crippen LogP contribution is -2.53. The Bertz CT molecular complexity index is 780. The van der Waals surface area contributed by atoms with Crippen molar-refractivity contribution in [3.63, 3.8) is 0 Å². The normalized spacial score (nSPS) is 19.2. The number of hydroxylamine groups is 2. The van der Waals surface area contributed by atoms with Crippen LogP contribution in [0.1, 0.15) is 39.2 Å². The zero-order valence-corrected chi connectivity index (χ0v) is 18.7. The van der Waals surface area contributed by atoms with Crippen molar-refractivity contribution >= 4 is 12.0 Å². The van der Waals surface area contributed by atoms with Crippen molar-refractivity contribution in [2.24, 2.45) is 0 Å². The summed E-state index contributed by atoms with van der Waals surface area (Å²) < 4.78 is 51.5. The van der Waals surface area contributed by atoms with E-state index in [2.05, 4.69) is 10.6 Å². The summed E-state index contributed by atoms with van der Waals surface area (Å²) in [7, 11) is 1.50. The van der Waals surface area contributed by atoms with Gasteiger partial charge in [-0.25, -0.2) is 9.86 Å². The van der Waals surface area contributed by atoms with Gasteiger partial charge in [0.25, 0.3) is 0 Å². The fourth-order valence-corrected chi connectivity index (χ4v) is 3.00. The number of rotatable bonds is 9. The average Bonchev–Trinajstić information content (AvgIpc) is 3.00. The third-order valence-corrected chi connectivity index (χ3v) is 4.61. The SMILES string of the molecule is COc1ccc(CN2OC(CNCCCNC(=O)OC(C)(C)C)(C(F)(F)F)CC2=O)cc1. The number of nitrogens with one attached hydrogen (secondary N) is 2. The minimum Gasteiger partial charge on any atom is -0.497 e. The Morgan fingerprint density at radius 1 is 1.19 bits per heavy atom. The second-order valence-corrected chi connectivity index (χ2v) is 8.50. The summed E-state index contributed by atoms with van der Waals surface area (Å²) in [5.74, 6) is -0.149. The number of hydrogen-bond donors (Lipinski definition) is 2. The van der Waals surface area contributed by atoms with Crippen LogP contribution in [0.2, 0.25) is 0 Å². The van der Waals surface area contributed by atoms with E-state index >= 15 is 0 Å². The molecule has 8 nitrogen and oxygen atoms in total. The van der Waals surface area contributed by atoms with Crippen LogP contribution in [0.3, 0.4) is 0 Å². The van der Waals surface area contributed by atoms with Crippen LogP contribution in [0.4, 0.5) is 18.0 Å². The molecule has 0 bridgehead atoms. The van der Waals surface area contributed by atoms with E-state index in [0.29, 0.717) is 17.7 Å². The molecular formula is C21H30F3N3O5. The number of hydrogen-bond acceptors (Lipinski definition) is 6. The number of methoxy groups -OCH3 is 1. The molecule has 1 heterocycles. The van der Waals surface area contributed by atoms with Crippen molar-refractivity contribution in [1.29, 1.82) is 0 Å². The van der Waals surface area contributed by atoms with Crippen molar-refractivity contribution < 1.29 is 37.1 Å². The Kier molecular flexibility index (Phi) is 8.35. The van der Waals surface area contributed by atoms with E-state index in [1.54, 1.807) is 45.0 Å². The maximum Gasteiger partial charge on any atom is 0.421 e. The number of ether oxygens (including phenoxy) is 2. The summed E-state index contributed by atoms with van der Waals surface area (Å²) >= 11 is 0. The molecule has 180 valence electrons. The van der Waals surface area contributed by atoms with Gasteiger partial charge in [0, 0.05) is 13.1 Å². The maximum atomic E-state index is 13.8. The van der Waals surface area contributed by atoms with E-state index in [-0.39, 0.29) is 19.6 Å². The number of nitrogens with zero attached hydrogens (tertiary/aromatic N) is 1. The number of benzene rings is 1. The molecule has 2 rings (SSSR count). The van der Waals surface area contributed by atoms with Crippen LogP contribution in [-0.2, 0) is 20.9 Å². The molecule has 1 aliphatic heterocycles. The lowest BCUT2D eigenvalue weighted by Gasteiger charge is -2.30. The highest BCUT2D eigenvalue weighted by atomic mass is 19.4. The number of amides is 2. The highest BCUT2D eigenvalue weighted by Gasteiger charge is 2.62. The Hall–Kier alpha value is -2.53. The van der Waals surface area contributed by atoms with Gasteiger partial charge in [-0.1, -0.05) is 12.1 Å². The van der Waals surface area contributed by atoms with Crippen molar-refractivity contribution in [2.45, 2.75) is 57.5 Å². The highest BCUT2D eigenvalue weighted by molar-refractivity contribution is 5.78. The molecule has 2 N–H and O–H groups in total. The van der Waals surface area contributed by atoms with Gasteiger partial charge in [0.1, 0.15) is 11.4 Å². The minimum atomic E-state index is -4.75. The molecule has 0 radical (unpaired) electrons. The second kappa shape index (κ2) is 10.4. The van der Waals surface area contributed by atoms with Gasteiger partial charge in [-0.15, -0.1) is 0 Å². The third kappa shape index (κ3) is 7.27. The highest BCUT2D eigenvalue weighted by Crippen LogP contribution is 2.41.